The van der Waals surface area contributed by atoms with Gasteiger partial charge in [-0.2, -0.15) is 0 Å². The number of allylic oxidation sites excluding steroid dienone is 2. The van der Waals surface area contributed by atoms with Gasteiger partial charge in [-0.15, -0.1) is 0 Å². The molecule has 1 amide bonds. The normalized spacial score (nSPS) is 13.6. The first-order chi connectivity index (χ1) is 12.5. The highest BCUT2D eigenvalue weighted by Crippen LogP contribution is 2.33. The Hall–Kier alpha value is -3.15. The molecule has 0 unspecified atom stereocenters. The zero-order chi connectivity index (χ0) is 18.8. The lowest BCUT2D eigenvalue weighted by molar-refractivity contribution is 0.0830. The van der Waals surface area contributed by atoms with Gasteiger partial charge in [0, 0.05) is 17.5 Å². The van der Waals surface area contributed by atoms with Crippen molar-refractivity contribution in [1.29, 1.82) is 0 Å². The number of nitrogens with zero attached hydrogens (tertiary/aromatic N) is 3. The monoisotopic (exact) mass is 351 g/mol. The van der Waals surface area contributed by atoms with E-state index in [1.807, 2.05) is 32.1 Å². The molecule has 134 valence electrons. The summed E-state index contributed by atoms with van der Waals surface area (Å²) < 4.78 is 10.5. The van der Waals surface area contributed by atoms with E-state index in [0.717, 1.165) is 28.2 Å². The fraction of sp³-hybridized carbons (Fsp3) is 0.250. The lowest BCUT2D eigenvalue weighted by Crippen LogP contribution is -2.22. The van der Waals surface area contributed by atoms with Crippen LogP contribution in [-0.4, -0.2) is 35.0 Å². The fourth-order valence-electron chi connectivity index (χ4n) is 3.11. The lowest BCUT2D eigenvalue weighted by Gasteiger charge is -2.15. The van der Waals surface area contributed by atoms with Crippen molar-refractivity contribution in [2.24, 2.45) is 0 Å². The molecule has 0 bridgehead atoms. The van der Waals surface area contributed by atoms with Crippen LogP contribution in [0.3, 0.4) is 0 Å². The molecule has 26 heavy (non-hydrogen) atoms. The molecule has 0 aliphatic carbocycles. The van der Waals surface area contributed by atoms with Crippen LogP contribution >= 0.6 is 0 Å². The van der Waals surface area contributed by atoms with E-state index in [2.05, 4.69) is 11.6 Å². The van der Waals surface area contributed by atoms with E-state index in [-0.39, 0.29) is 5.91 Å². The van der Waals surface area contributed by atoms with Crippen LogP contribution < -0.4 is 9.47 Å². The van der Waals surface area contributed by atoms with Crippen molar-refractivity contribution in [2.75, 3.05) is 14.2 Å². The maximum absolute atomic E-state index is 12.8. The number of hydrogen-bond donors (Lipinski definition) is 0. The molecule has 3 heterocycles. The second kappa shape index (κ2) is 7.00. The van der Waals surface area contributed by atoms with Crippen molar-refractivity contribution in [3.63, 3.8) is 0 Å². The Morgan fingerprint density at radius 1 is 1.31 bits per heavy atom. The summed E-state index contributed by atoms with van der Waals surface area (Å²) in [5.74, 6) is 0.902. The zero-order valence-electron chi connectivity index (χ0n) is 15.4. The van der Waals surface area contributed by atoms with Crippen LogP contribution in [0.15, 0.2) is 42.8 Å². The van der Waals surface area contributed by atoms with Gasteiger partial charge in [0.15, 0.2) is 5.75 Å². The largest absolute Gasteiger partial charge is 0.491 e. The smallest absolute Gasteiger partial charge is 0.260 e. The van der Waals surface area contributed by atoms with Crippen LogP contribution in [0.1, 0.15) is 28.5 Å². The third kappa shape index (κ3) is 2.83. The van der Waals surface area contributed by atoms with Gasteiger partial charge in [0.05, 0.1) is 37.7 Å². The molecule has 1 aliphatic heterocycles. The van der Waals surface area contributed by atoms with E-state index in [1.54, 1.807) is 31.4 Å². The second-order valence-electron chi connectivity index (χ2n) is 5.89. The summed E-state index contributed by atoms with van der Waals surface area (Å²) in [4.78, 5) is 23.4. The highest BCUT2D eigenvalue weighted by Gasteiger charge is 2.32. The number of amides is 1. The van der Waals surface area contributed by atoms with Gasteiger partial charge in [0.2, 0.25) is 0 Å². The maximum Gasteiger partial charge on any atom is 0.260 e. The molecule has 0 radical (unpaired) electrons. The molecule has 0 saturated carbocycles. The van der Waals surface area contributed by atoms with Crippen LogP contribution in [0.5, 0.6) is 11.6 Å². The van der Waals surface area contributed by atoms with Crippen molar-refractivity contribution >= 4 is 5.91 Å². The maximum atomic E-state index is 12.8. The SMILES string of the molecule is C=C/C(=C\C)N1Cc2nc(-c3cnc(OC)c(OC)c3)cc(C)c2C1=O. The number of aromatic nitrogens is 2. The third-order valence-electron chi connectivity index (χ3n) is 4.40. The Labute approximate surface area is 152 Å². The Bertz CT molecular complexity index is 919. The molecular formula is C20H21N3O3. The minimum absolute atomic E-state index is 0.0463. The van der Waals surface area contributed by atoms with E-state index in [9.17, 15) is 4.79 Å². The Morgan fingerprint density at radius 2 is 2.08 bits per heavy atom. The molecule has 0 spiro atoms. The predicted molar refractivity (Wildman–Crippen MR) is 99.1 cm³/mol. The van der Waals surface area contributed by atoms with Crippen molar-refractivity contribution < 1.29 is 14.3 Å². The molecule has 0 atom stereocenters. The van der Waals surface area contributed by atoms with Gasteiger partial charge in [0.1, 0.15) is 0 Å². The summed E-state index contributed by atoms with van der Waals surface area (Å²) in [6.07, 6.45) is 5.23. The van der Waals surface area contributed by atoms with Gasteiger partial charge in [0.25, 0.3) is 11.8 Å². The van der Waals surface area contributed by atoms with Crippen LogP contribution in [0.4, 0.5) is 0 Å². The van der Waals surface area contributed by atoms with Crippen molar-refractivity contribution in [1.82, 2.24) is 14.9 Å². The first-order valence-electron chi connectivity index (χ1n) is 8.23. The van der Waals surface area contributed by atoms with E-state index in [0.29, 0.717) is 23.7 Å². The minimum Gasteiger partial charge on any atom is -0.491 e. The third-order valence-corrected chi connectivity index (χ3v) is 4.40. The number of pyridine rings is 2. The van der Waals surface area contributed by atoms with E-state index >= 15 is 0 Å². The Morgan fingerprint density at radius 3 is 2.69 bits per heavy atom. The number of hydrogen-bond acceptors (Lipinski definition) is 5. The van der Waals surface area contributed by atoms with Crippen LogP contribution in [0, 0.1) is 6.92 Å². The predicted octanol–water partition coefficient (Wildman–Crippen LogP) is 3.51. The summed E-state index contributed by atoms with van der Waals surface area (Å²) in [5, 5.41) is 0. The molecule has 3 rings (SSSR count). The summed E-state index contributed by atoms with van der Waals surface area (Å²) >= 11 is 0. The molecule has 0 aromatic carbocycles. The van der Waals surface area contributed by atoms with Gasteiger partial charge < -0.3 is 14.4 Å². The summed E-state index contributed by atoms with van der Waals surface area (Å²) in [7, 11) is 3.11. The Balaban J connectivity index is 2.05. The van der Waals surface area contributed by atoms with E-state index in [4.69, 9.17) is 14.5 Å². The molecule has 6 heteroatoms. The number of methoxy groups -OCH3 is 2. The average molecular weight is 351 g/mol. The second-order valence-corrected chi connectivity index (χ2v) is 5.89. The van der Waals surface area contributed by atoms with Crippen LogP contribution in [0.25, 0.3) is 11.3 Å². The highest BCUT2D eigenvalue weighted by atomic mass is 16.5. The number of aryl methyl sites for hydroxylation is 1. The quantitative estimate of drug-likeness (QED) is 0.771. The molecule has 2 aromatic rings. The molecular weight excluding hydrogens is 330 g/mol. The summed E-state index contributed by atoms with van der Waals surface area (Å²) in [6.45, 7) is 8.01. The van der Waals surface area contributed by atoms with Crippen molar-refractivity contribution in [2.45, 2.75) is 20.4 Å². The number of fused-ring (bicyclic) bond motifs is 1. The number of carbonyl (C=O) groups is 1. The van der Waals surface area contributed by atoms with Crippen molar-refractivity contribution in [3.05, 3.63) is 59.6 Å². The molecule has 2 aromatic heterocycles. The van der Waals surface area contributed by atoms with E-state index < -0.39 is 0 Å². The molecule has 0 N–H and O–H groups in total. The molecule has 0 saturated heterocycles. The summed E-state index contributed by atoms with van der Waals surface area (Å²) in [6, 6.07) is 3.72. The standard InChI is InChI=1S/C20H21N3O3/c1-6-14(7-2)23-11-16-18(20(23)24)12(3)8-15(22-16)13-9-17(25-4)19(26-5)21-10-13/h6-10H,1,11H2,2-5H3/b14-7+. The first kappa shape index (κ1) is 17.7. The van der Waals surface area contributed by atoms with Gasteiger partial charge >= 0.3 is 0 Å². The number of rotatable bonds is 5. The number of carbonyl (C=O) groups excluding carboxylic acids is 1. The molecule has 1 aliphatic rings. The van der Waals surface area contributed by atoms with Crippen LogP contribution in [-0.2, 0) is 6.54 Å². The lowest BCUT2D eigenvalue weighted by atomic mass is 10.0. The highest BCUT2D eigenvalue weighted by molar-refractivity contribution is 6.00. The van der Waals surface area contributed by atoms with E-state index in [1.165, 1.54) is 0 Å². The molecule has 6 nitrogen and oxygen atoms in total. The van der Waals surface area contributed by atoms with Gasteiger partial charge in [-0.25, -0.2) is 4.98 Å². The average Bonchev–Trinajstić information content (AvgIpc) is 2.99. The van der Waals surface area contributed by atoms with Crippen molar-refractivity contribution in [3.8, 4) is 22.9 Å². The minimum atomic E-state index is -0.0463. The van der Waals surface area contributed by atoms with Gasteiger partial charge in [-0.1, -0.05) is 12.7 Å². The van der Waals surface area contributed by atoms with Crippen LogP contribution in [0.2, 0.25) is 0 Å². The van der Waals surface area contributed by atoms with Gasteiger partial charge in [-0.3, -0.25) is 9.78 Å². The summed E-state index contributed by atoms with van der Waals surface area (Å²) in [5.41, 5.74) is 4.61. The number of ether oxygens (including phenoxy) is 2. The van der Waals surface area contributed by atoms with Gasteiger partial charge in [-0.05, 0) is 37.6 Å². The molecule has 0 fully saturated rings. The Kier molecular flexibility index (Phi) is 4.75. The fourth-order valence-corrected chi connectivity index (χ4v) is 3.11. The first-order valence-corrected chi connectivity index (χ1v) is 8.23. The topological polar surface area (TPSA) is 64.6 Å². The zero-order valence-corrected chi connectivity index (χ0v) is 15.4.